The molecule has 0 saturated carbocycles. The number of sulfonamides is 1. The molecule has 9 heteroatoms. The van der Waals surface area contributed by atoms with Crippen molar-refractivity contribution in [1.82, 2.24) is 15.4 Å². The van der Waals surface area contributed by atoms with Crippen LogP contribution in [0.15, 0.2) is 45.8 Å². The third-order valence-corrected chi connectivity index (χ3v) is 5.66. The lowest BCUT2D eigenvalue weighted by Gasteiger charge is -2.22. The van der Waals surface area contributed by atoms with Crippen LogP contribution < -0.4 is 15.4 Å². The number of nitrogens with one attached hydrogen (secondary N) is 3. The number of hydrogen-bond acceptors (Lipinski definition) is 5. The summed E-state index contributed by atoms with van der Waals surface area (Å²) in [6.07, 6.45) is 0. The molecule has 4 N–H and O–H groups in total. The molecule has 0 aliphatic rings. The third-order valence-electron chi connectivity index (χ3n) is 4.33. The highest BCUT2D eigenvalue weighted by Gasteiger charge is 2.27. The van der Waals surface area contributed by atoms with Crippen molar-refractivity contribution in [3.63, 3.8) is 0 Å². The van der Waals surface area contributed by atoms with Gasteiger partial charge in [0.1, 0.15) is 17.1 Å². The number of guanidine groups is 1. The van der Waals surface area contributed by atoms with Gasteiger partial charge in [-0.3, -0.25) is 0 Å². The topological polar surface area (TPSA) is 116 Å². The molecule has 0 radical (unpaired) electrons. The smallest absolute Gasteiger partial charge is 0.215 e. The van der Waals surface area contributed by atoms with Crippen LogP contribution in [0.2, 0.25) is 0 Å². The Morgan fingerprint density at radius 1 is 1.14 bits per heavy atom. The van der Waals surface area contributed by atoms with Crippen LogP contribution in [0.4, 0.5) is 0 Å². The van der Waals surface area contributed by atoms with Crippen molar-refractivity contribution >= 4 is 16.0 Å². The number of nitrogens with zero attached hydrogens (tertiary/aromatic N) is 1. The summed E-state index contributed by atoms with van der Waals surface area (Å²) in [5.41, 5.74) is 0.480. The maximum absolute atomic E-state index is 11.6. The van der Waals surface area contributed by atoms with E-state index in [1.165, 1.54) is 7.05 Å². The lowest BCUT2D eigenvalue weighted by atomic mass is 10.0. The standard InChI is InChI=1S/C20H30N4O4S/c1-5-22-19(24-14-20(3,25)18-11-6-15(2)28-18)23-12-16-7-9-17(10-8-16)13-29(26,27)21-4/h6-11,21,25H,5,12-14H2,1-4H3,(H2,22,23,24). The van der Waals surface area contributed by atoms with E-state index in [0.29, 0.717) is 30.4 Å². The van der Waals surface area contributed by atoms with Crippen LogP contribution in [0.3, 0.4) is 0 Å². The molecule has 2 aromatic rings. The second-order valence-electron chi connectivity index (χ2n) is 7.01. The lowest BCUT2D eigenvalue weighted by Crippen LogP contribution is -2.44. The molecule has 0 bridgehead atoms. The van der Waals surface area contributed by atoms with Crippen LogP contribution in [0.1, 0.15) is 36.5 Å². The minimum Gasteiger partial charge on any atom is -0.463 e. The minimum atomic E-state index is -3.29. The largest absolute Gasteiger partial charge is 0.463 e. The fourth-order valence-electron chi connectivity index (χ4n) is 2.61. The molecule has 1 aromatic heterocycles. The monoisotopic (exact) mass is 422 g/mol. The van der Waals surface area contributed by atoms with Crippen LogP contribution in [-0.4, -0.2) is 39.6 Å². The SMILES string of the molecule is CCNC(=NCc1ccc(CS(=O)(=O)NC)cc1)NCC(C)(O)c1ccc(C)o1. The highest BCUT2D eigenvalue weighted by molar-refractivity contribution is 7.88. The Balaban J connectivity index is 1.99. The first-order valence-electron chi connectivity index (χ1n) is 9.45. The molecule has 0 fully saturated rings. The summed E-state index contributed by atoms with van der Waals surface area (Å²) in [7, 11) is -1.89. The quantitative estimate of drug-likeness (QED) is 0.360. The molecule has 1 aromatic carbocycles. The number of rotatable bonds is 9. The highest BCUT2D eigenvalue weighted by Crippen LogP contribution is 2.21. The average Bonchev–Trinajstić information content (AvgIpc) is 3.12. The average molecular weight is 423 g/mol. The van der Waals surface area contributed by atoms with Crippen molar-refractivity contribution in [2.45, 2.75) is 38.7 Å². The van der Waals surface area contributed by atoms with Crippen molar-refractivity contribution in [2.75, 3.05) is 20.1 Å². The highest BCUT2D eigenvalue weighted by atomic mass is 32.2. The van der Waals surface area contributed by atoms with Crippen LogP contribution in [0, 0.1) is 6.92 Å². The third kappa shape index (κ3) is 7.19. The molecule has 1 heterocycles. The van der Waals surface area contributed by atoms with Gasteiger partial charge in [0.05, 0.1) is 18.8 Å². The van der Waals surface area contributed by atoms with E-state index in [9.17, 15) is 13.5 Å². The summed E-state index contributed by atoms with van der Waals surface area (Å²) in [6, 6.07) is 10.9. The molecule has 0 spiro atoms. The first kappa shape index (κ1) is 22.9. The minimum absolute atomic E-state index is 0.0570. The fraction of sp³-hybridized carbons (Fsp3) is 0.450. The Morgan fingerprint density at radius 3 is 2.34 bits per heavy atom. The molecule has 160 valence electrons. The summed E-state index contributed by atoms with van der Waals surface area (Å²) in [5, 5.41) is 16.9. The van der Waals surface area contributed by atoms with Crippen LogP contribution in [0.5, 0.6) is 0 Å². The number of furan rings is 1. The van der Waals surface area contributed by atoms with Crippen molar-refractivity contribution in [3.05, 3.63) is 59.0 Å². The first-order chi connectivity index (χ1) is 13.6. The predicted molar refractivity (Wildman–Crippen MR) is 114 cm³/mol. The molecule has 1 unspecified atom stereocenters. The summed E-state index contributed by atoms with van der Waals surface area (Å²) in [4.78, 5) is 4.53. The van der Waals surface area contributed by atoms with Crippen LogP contribution in [0.25, 0.3) is 0 Å². The van der Waals surface area contributed by atoms with Gasteiger partial charge in [0.25, 0.3) is 0 Å². The second kappa shape index (κ2) is 9.91. The summed E-state index contributed by atoms with van der Waals surface area (Å²) in [5.74, 6) is 1.74. The molecule has 8 nitrogen and oxygen atoms in total. The van der Waals surface area contributed by atoms with E-state index in [1.807, 2.05) is 32.0 Å². The van der Waals surface area contributed by atoms with Gasteiger partial charge in [0.2, 0.25) is 10.0 Å². The molecule has 29 heavy (non-hydrogen) atoms. The van der Waals surface area contributed by atoms with Gasteiger partial charge in [0.15, 0.2) is 5.96 Å². The van der Waals surface area contributed by atoms with E-state index in [1.54, 1.807) is 25.1 Å². The van der Waals surface area contributed by atoms with Crippen molar-refractivity contribution in [2.24, 2.45) is 4.99 Å². The van der Waals surface area contributed by atoms with Crippen LogP contribution in [-0.2, 0) is 27.9 Å². The van der Waals surface area contributed by atoms with Gasteiger partial charge >= 0.3 is 0 Å². The maximum atomic E-state index is 11.6. The van der Waals surface area contributed by atoms with Gasteiger partial charge in [-0.15, -0.1) is 0 Å². The second-order valence-corrected chi connectivity index (χ2v) is 8.94. The van der Waals surface area contributed by atoms with Gasteiger partial charge in [-0.1, -0.05) is 24.3 Å². The van der Waals surface area contributed by atoms with E-state index in [4.69, 9.17) is 4.42 Å². The molecule has 0 aliphatic carbocycles. The van der Waals surface area contributed by atoms with E-state index >= 15 is 0 Å². The predicted octanol–water partition coefficient (Wildman–Crippen LogP) is 1.60. The van der Waals surface area contributed by atoms with Gasteiger partial charge in [-0.25, -0.2) is 18.1 Å². The van der Waals surface area contributed by atoms with Gasteiger partial charge in [-0.2, -0.15) is 0 Å². The number of hydrogen-bond donors (Lipinski definition) is 4. The van der Waals surface area contributed by atoms with E-state index < -0.39 is 15.6 Å². The van der Waals surface area contributed by atoms with Crippen molar-refractivity contribution in [3.8, 4) is 0 Å². The number of aryl methyl sites for hydroxylation is 1. The normalized spacial score (nSPS) is 14.4. The number of benzene rings is 1. The Kier molecular flexibility index (Phi) is 7.83. The zero-order valence-corrected chi connectivity index (χ0v) is 18.1. The number of aliphatic hydroxyl groups is 1. The Bertz CT molecular complexity index is 918. The molecular weight excluding hydrogens is 392 g/mol. The van der Waals surface area contributed by atoms with Gasteiger partial charge < -0.3 is 20.2 Å². The molecule has 0 saturated heterocycles. The molecule has 0 amide bonds. The van der Waals surface area contributed by atoms with Gasteiger partial charge in [0, 0.05) is 6.54 Å². The first-order valence-corrected chi connectivity index (χ1v) is 11.1. The fourth-order valence-corrected chi connectivity index (χ4v) is 3.39. The summed E-state index contributed by atoms with van der Waals surface area (Å²) in [6.45, 7) is 6.79. The van der Waals surface area contributed by atoms with Gasteiger partial charge in [-0.05, 0) is 51.1 Å². The Labute approximate surface area is 172 Å². The molecule has 0 aliphatic heterocycles. The summed E-state index contributed by atoms with van der Waals surface area (Å²) < 4.78 is 31.1. The summed E-state index contributed by atoms with van der Waals surface area (Å²) >= 11 is 0. The van der Waals surface area contributed by atoms with E-state index in [0.717, 1.165) is 11.3 Å². The van der Waals surface area contributed by atoms with Crippen LogP contribution >= 0.6 is 0 Å². The lowest BCUT2D eigenvalue weighted by molar-refractivity contribution is 0.0378. The maximum Gasteiger partial charge on any atom is 0.215 e. The van der Waals surface area contributed by atoms with E-state index in [2.05, 4.69) is 20.3 Å². The van der Waals surface area contributed by atoms with Crippen molar-refractivity contribution < 1.29 is 17.9 Å². The number of aliphatic imine (C=N–C) groups is 1. The Morgan fingerprint density at radius 2 is 1.79 bits per heavy atom. The van der Waals surface area contributed by atoms with E-state index in [-0.39, 0.29) is 12.3 Å². The molecule has 1 atom stereocenters. The zero-order chi connectivity index (χ0) is 21.5. The van der Waals surface area contributed by atoms with Crippen molar-refractivity contribution in [1.29, 1.82) is 0 Å². The molecule has 2 rings (SSSR count). The zero-order valence-electron chi connectivity index (χ0n) is 17.3. The molecular formula is C20H30N4O4S. The Hall–Kier alpha value is -2.36.